The summed E-state index contributed by atoms with van der Waals surface area (Å²) in [7, 11) is -0.228. The van der Waals surface area contributed by atoms with Crippen molar-refractivity contribution in [3.8, 4) is 0 Å². The molecule has 0 bridgehead atoms. The first-order chi connectivity index (χ1) is 9.04. The molecule has 0 saturated heterocycles. The largest absolute Gasteiger partial charge is 0.378 e. The van der Waals surface area contributed by atoms with Gasteiger partial charge < -0.3 is 5.32 Å². The van der Waals surface area contributed by atoms with E-state index in [-0.39, 0.29) is 4.90 Å². The van der Waals surface area contributed by atoms with Crippen molar-refractivity contribution < 1.29 is 8.42 Å². The van der Waals surface area contributed by atoms with E-state index in [2.05, 4.69) is 15.1 Å². The molecule has 0 radical (unpaired) electrons. The molecule has 1 aromatic heterocycles. The van der Waals surface area contributed by atoms with Gasteiger partial charge in [0.2, 0.25) is 10.0 Å². The molecule has 6 nitrogen and oxygen atoms in total. The van der Waals surface area contributed by atoms with Crippen LogP contribution in [0, 0.1) is 0 Å². The molecule has 19 heavy (non-hydrogen) atoms. The van der Waals surface area contributed by atoms with Crippen molar-refractivity contribution in [3.05, 3.63) is 42.2 Å². The van der Waals surface area contributed by atoms with Crippen LogP contribution in [0.4, 0.5) is 5.69 Å². The summed E-state index contributed by atoms with van der Waals surface area (Å²) >= 11 is 0. The van der Waals surface area contributed by atoms with E-state index in [1.807, 2.05) is 13.1 Å². The number of para-hydroxylation sites is 1. The number of hydrogen-bond acceptors (Lipinski definition) is 4. The van der Waals surface area contributed by atoms with Crippen LogP contribution in [0.1, 0.15) is 5.69 Å². The molecular formula is C12H16N4O2S. The minimum atomic E-state index is -3.46. The van der Waals surface area contributed by atoms with Gasteiger partial charge in [0.05, 0.1) is 17.9 Å². The van der Waals surface area contributed by atoms with E-state index in [0.717, 1.165) is 5.69 Å². The predicted octanol–water partition coefficient (Wildman–Crippen LogP) is 0.940. The second-order valence-electron chi connectivity index (χ2n) is 4.00. The molecule has 2 rings (SSSR count). The van der Waals surface area contributed by atoms with Gasteiger partial charge in [-0.15, -0.1) is 0 Å². The number of nitrogens with one attached hydrogen (secondary N) is 2. The summed E-state index contributed by atoms with van der Waals surface area (Å²) in [6.45, 7) is 0.507. The molecule has 0 amide bonds. The van der Waals surface area contributed by atoms with Gasteiger partial charge in [0.15, 0.2) is 0 Å². The number of anilines is 1. The standard InChI is InChI=1S/C12H16N4O2S/c1-13-19(17,18)12-6-4-3-5-11(12)14-9-10-7-8-15-16(10)2/h3-8,13-14H,9H2,1-2H3. The van der Waals surface area contributed by atoms with E-state index < -0.39 is 10.0 Å². The highest BCUT2D eigenvalue weighted by Gasteiger charge is 2.15. The van der Waals surface area contributed by atoms with Crippen LogP contribution in [0.25, 0.3) is 0 Å². The molecule has 7 heteroatoms. The van der Waals surface area contributed by atoms with Crippen LogP contribution in [0.5, 0.6) is 0 Å². The Labute approximate surface area is 112 Å². The van der Waals surface area contributed by atoms with Crippen LogP contribution < -0.4 is 10.0 Å². The van der Waals surface area contributed by atoms with Gasteiger partial charge in [-0.1, -0.05) is 12.1 Å². The number of aromatic nitrogens is 2. The second-order valence-corrected chi connectivity index (χ2v) is 5.86. The molecule has 0 aliphatic carbocycles. The lowest BCUT2D eigenvalue weighted by Crippen LogP contribution is -2.20. The summed E-state index contributed by atoms with van der Waals surface area (Å²) in [5.74, 6) is 0. The van der Waals surface area contributed by atoms with Gasteiger partial charge in [-0.25, -0.2) is 13.1 Å². The van der Waals surface area contributed by atoms with Gasteiger partial charge in [0.25, 0.3) is 0 Å². The maximum atomic E-state index is 11.9. The Kier molecular flexibility index (Phi) is 3.87. The van der Waals surface area contributed by atoms with E-state index in [4.69, 9.17) is 0 Å². The van der Waals surface area contributed by atoms with Gasteiger partial charge in [-0.3, -0.25) is 4.68 Å². The fraction of sp³-hybridized carbons (Fsp3) is 0.250. The molecule has 0 aliphatic rings. The average Bonchev–Trinajstić information content (AvgIpc) is 2.82. The molecule has 0 aliphatic heterocycles. The predicted molar refractivity (Wildman–Crippen MR) is 73.2 cm³/mol. The number of benzene rings is 1. The molecule has 1 heterocycles. The molecule has 2 aromatic rings. The first-order valence-electron chi connectivity index (χ1n) is 5.78. The van der Waals surface area contributed by atoms with Crippen LogP contribution in [0.3, 0.4) is 0 Å². The Morgan fingerprint density at radius 1 is 1.26 bits per heavy atom. The Hall–Kier alpha value is -1.86. The normalized spacial score (nSPS) is 11.5. The Morgan fingerprint density at radius 2 is 2.00 bits per heavy atom. The number of rotatable bonds is 5. The summed E-state index contributed by atoms with van der Waals surface area (Å²) in [4.78, 5) is 0.236. The van der Waals surface area contributed by atoms with Crippen molar-refractivity contribution in [2.75, 3.05) is 12.4 Å². The SMILES string of the molecule is CNS(=O)(=O)c1ccccc1NCc1ccnn1C. The number of aryl methyl sites for hydroxylation is 1. The van der Waals surface area contributed by atoms with Crippen LogP contribution >= 0.6 is 0 Å². The number of sulfonamides is 1. The summed E-state index contributed by atoms with van der Waals surface area (Å²) in [6, 6.07) is 8.67. The number of nitrogens with zero attached hydrogens (tertiary/aromatic N) is 2. The van der Waals surface area contributed by atoms with Crippen molar-refractivity contribution in [2.24, 2.45) is 7.05 Å². The van der Waals surface area contributed by atoms with Crippen molar-refractivity contribution in [1.82, 2.24) is 14.5 Å². The van der Waals surface area contributed by atoms with E-state index in [0.29, 0.717) is 12.2 Å². The highest BCUT2D eigenvalue weighted by molar-refractivity contribution is 7.89. The Bertz CT molecular complexity index is 664. The third kappa shape index (κ3) is 2.94. The van der Waals surface area contributed by atoms with Crippen LogP contribution in [-0.4, -0.2) is 25.2 Å². The molecule has 1 aromatic carbocycles. The molecule has 0 spiro atoms. The minimum Gasteiger partial charge on any atom is -0.378 e. The van der Waals surface area contributed by atoms with E-state index in [1.54, 1.807) is 35.1 Å². The molecule has 2 N–H and O–H groups in total. The summed E-state index contributed by atoms with van der Waals surface area (Å²) in [5, 5.41) is 7.18. The quantitative estimate of drug-likeness (QED) is 0.854. The van der Waals surface area contributed by atoms with Crippen molar-refractivity contribution >= 4 is 15.7 Å². The molecule has 0 saturated carbocycles. The highest BCUT2D eigenvalue weighted by atomic mass is 32.2. The maximum Gasteiger partial charge on any atom is 0.242 e. The fourth-order valence-electron chi connectivity index (χ4n) is 1.72. The summed E-state index contributed by atoms with van der Waals surface area (Å²) < 4.78 is 27.8. The Morgan fingerprint density at radius 3 is 2.63 bits per heavy atom. The highest BCUT2D eigenvalue weighted by Crippen LogP contribution is 2.20. The zero-order chi connectivity index (χ0) is 13.9. The lowest BCUT2D eigenvalue weighted by molar-refractivity contribution is 0.588. The van der Waals surface area contributed by atoms with E-state index in [1.165, 1.54) is 7.05 Å². The molecular weight excluding hydrogens is 264 g/mol. The van der Waals surface area contributed by atoms with Gasteiger partial charge in [-0.2, -0.15) is 5.10 Å². The van der Waals surface area contributed by atoms with Crippen molar-refractivity contribution in [3.63, 3.8) is 0 Å². The third-order valence-corrected chi connectivity index (χ3v) is 4.30. The summed E-state index contributed by atoms with van der Waals surface area (Å²) in [6.07, 6.45) is 1.70. The smallest absolute Gasteiger partial charge is 0.242 e. The topological polar surface area (TPSA) is 76.0 Å². The second kappa shape index (κ2) is 5.41. The molecule has 102 valence electrons. The molecule has 0 unspecified atom stereocenters. The maximum absolute atomic E-state index is 11.9. The Balaban J connectivity index is 2.24. The number of hydrogen-bond donors (Lipinski definition) is 2. The lowest BCUT2D eigenvalue weighted by Gasteiger charge is -2.12. The van der Waals surface area contributed by atoms with Crippen LogP contribution in [0.15, 0.2) is 41.4 Å². The monoisotopic (exact) mass is 280 g/mol. The van der Waals surface area contributed by atoms with Crippen molar-refractivity contribution in [1.29, 1.82) is 0 Å². The van der Waals surface area contributed by atoms with Gasteiger partial charge >= 0.3 is 0 Å². The van der Waals surface area contributed by atoms with E-state index >= 15 is 0 Å². The van der Waals surface area contributed by atoms with Gasteiger partial charge in [0.1, 0.15) is 4.90 Å². The van der Waals surface area contributed by atoms with Gasteiger partial charge in [0, 0.05) is 13.2 Å². The molecule has 0 atom stereocenters. The van der Waals surface area contributed by atoms with E-state index in [9.17, 15) is 8.42 Å². The minimum absolute atomic E-state index is 0.236. The first-order valence-corrected chi connectivity index (χ1v) is 7.26. The summed E-state index contributed by atoms with van der Waals surface area (Å²) in [5.41, 5.74) is 1.54. The van der Waals surface area contributed by atoms with Crippen molar-refractivity contribution in [2.45, 2.75) is 11.4 Å². The van der Waals surface area contributed by atoms with Crippen LogP contribution in [-0.2, 0) is 23.6 Å². The van der Waals surface area contributed by atoms with Crippen LogP contribution in [0.2, 0.25) is 0 Å². The zero-order valence-electron chi connectivity index (χ0n) is 10.8. The lowest BCUT2D eigenvalue weighted by atomic mass is 10.3. The fourth-order valence-corrected chi connectivity index (χ4v) is 2.62. The third-order valence-electron chi connectivity index (χ3n) is 2.83. The zero-order valence-corrected chi connectivity index (χ0v) is 11.6. The molecule has 0 fully saturated rings. The first kappa shape index (κ1) is 13.6. The van der Waals surface area contributed by atoms with Gasteiger partial charge in [-0.05, 0) is 25.2 Å². The average molecular weight is 280 g/mol.